The van der Waals surface area contributed by atoms with Gasteiger partial charge in [-0.05, 0) is 67.6 Å². The zero-order valence-corrected chi connectivity index (χ0v) is 16.8. The van der Waals surface area contributed by atoms with Crippen LogP contribution in [0.2, 0.25) is 0 Å². The van der Waals surface area contributed by atoms with Crippen molar-refractivity contribution in [1.82, 2.24) is 0 Å². The lowest BCUT2D eigenvalue weighted by Gasteiger charge is -2.11. The Hall–Kier alpha value is -2.51. The molecule has 1 N–H and O–H groups in total. The van der Waals surface area contributed by atoms with E-state index in [4.69, 9.17) is 0 Å². The third-order valence-corrected chi connectivity index (χ3v) is 5.57. The molecule has 0 radical (unpaired) electrons. The lowest BCUT2D eigenvalue weighted by Crippen LogP contribution is -2.16. The average molecular weight is 447 g/mol. The number of sulfonamides is 1. The Morgan fingerprint density at radius 3 is 2.11 bits per heavy atom. The Bertz CT molecular complexity index is 1060. The maximum absolute atomic E-state index is 13.3. The topological polar surface area (TPSA) is 58.5 Å². The number of rotatable bonds is 4. The number of hydrogen-bond donors (Lipinski definition) is 1. The van der Waals surface area contributed by atoms with Gasteiger partial charge in [-0.3, -0.25) is 0 Å². The summed E-state index contributed by atoms with van der Waals surface area (Å²) >= 11 is 3.35. The van der Waals surface area contributed by atoms with Gasteiger partial charge >= 0.3 is 0 Å². The van der Waals surface area contributed by atoms with Crippen LogP contribution in [0.25, 0.3) is 0 Å². The molecule has 0 bridgehead atoms. The zero-order chi connectivity index (χ0) is 19.4. The first kappa shape index (κ1) is 19.3. The van der Waals surface area contributed by atoms with Gasteiger partial charge < -0.3 is 5.32 Å². The SMILES string of the molecule is Cc1ccc(S(=O)(=O)N=C(Nc2ccc(Br)cc2)c2ccc(F)cc2)cc1. The van der Waals surface area contributed by atoms with Gasteiger partial charge in [0.2, 0.25) is 0 Å². The highest BCUT2D eigenvalue weighted by Crippen LogP contribution is 2.18. The second-order valence-corrected chi connectivity index (χ2v) is 8.39. The van der Waals surface area contributed by atoms with E-state index in [2.05, 4.69) is 25.6 Å². The van der Waals surface area contributed by atoms with Crippen molar-refractivity contribution < 1.29 is 12.8 Å². The molecule has 0 fully saturated rings. The Morgan fingerprint density at radius 1 is 0.926 bits per heavy atom. The molecule has 0 aromatic heterocycles. The first-order chi connectivity index (χ1) is 12.8. The molecule has 3 aromatic rings. The number of aryl methyl sites for hydroxylation is 1. The number of hydrogen-bond acceptors (Lipinski definition) is 2. The smallest absolute Gasteiger partial charge is 0.284 e. The van der Waals surface area contributed by atoms with Gasteiger partial charge in [0.25, 0.3) is 10.0 Å². The highest BCUT2D eigenvalue weighted by molar-refractivity contribution is 9.10. The number of amidine groups is 1. The van der Waals surface area contributed by atoms with Crippen LogP contribution in [0.3, 0.4) is 0 Å². The summed E-state index contributed by atoms with van der Waals surface area (Å²) in [7, 11) is -3.94. The summed E-state index contributed by atoms with van der Waals surface area (Å²) in [5.41, 5.74) is 2.06. The standard InChI is InChI=1S/C20H16BrFN2O2S/c1-14-2-12-19(13-3-14)27(25,26)24-20(15-4-8-17(22)9-5-15)23-18-10-6-16(21)7-11-18/h2-13H,1H3,(H,23,24). The second-order valence-electron chi connectivity index (χ2n) is 5.87. The number of anilines is 1. The van der Waals surface area contributed by atoms with Crippen LogP contribution in [-0.4, -0.2) is 14.3 Å². The van der Waals surface area contributed by atoms with E-state index in [1.54, 1.807) is 24.3 Å². The van der Waals surface area contributed by atoms with Crippen LogP contribution >= 0.6 is 15.9 Å². The Balaban J connectivity index is 2.04. The minimum absolute atomic E-state index is 0.0883. The van der Waals surface area contributed by atoms with Crippen LogP contribution in [0.5, 0.6) is 0 Å². The number of nitrogens with one attached hydrogen (secondary N) is 1. The summed E-state index contributed by atoms with van der Waals surface area (Å²) in [6.07, 6.45) is 0. The summed E-state index contributed by atoms with van der Waals surface area (Å²) in [6.45, 7) is 1.87. The van der Waals surface area contributed by atoms with E-state index in [1.165, 1.54) is 36.4 Å². The molecule has 0 aliphatic heterocycles. The predicted molar refractivity (Wildman–Crippen MR) is 109 cm³/mol. The number of nitrogens with zero attached hydrogens (tertiary/aromatic N) is 1. The van der Waals surface area contributed by atoms with E-state index in [0.717, 1.165) is 10.0 Å². The van der Waals surface area contributed by atoms with E-state index >= 15 is 0 Å². The maximum Gasteiger partial charge on any atom is 0.284 e. The van der Waals surface area contributed by atoms with Crippen molar-refractivity contribution in [3.8, 4) is 0 Å². The number of halogens is 2. The fraction of sp³-hybridized carbons (Fsp3) is 0.0500. The molecule has 7 heteroatoms. The van der Waals surface area contributed by atoms with E-state index in [1.807, 2.05) is 19.1 Å². The normalized spacial score (nSPS) is 12.0. The van der Waals surface area contributed by atoms with Crippen LogP contribution in [0.15, 0.2) is 86.6 Å². The van der Waals surface area contributed by atoms with Gasteiger partial charge in [0.15, 0.2) is 5.84 Å². The summed E-state index contributed by atoms with van der Waals surface area (Å²) < 4.78 is 43.6. The monoisotopic (exact) mass is 446 g/mol. The molecule has 0 amide bonds. The van der Waals surface area contributed by atoms with Crippen LogP contribution < -0.4 is 5.32 Å². The molecule has 0 aliphatic carbocycles. The molecule has 0 heterocycles. The molecule has 0 saturated carbocycles. The van der Waals surface area contributed by atoms with Crippen LogP contribution in [0.4, 0.5) is 10.1 Å². The Kier molecular flexibility index (Phi) is 5.72. The van der Waals surface area contributed by atoms with Crippen molar-refractivity contribution in [2.75, 3.05) is 5.32 Å². The van der Waals surface area contributed by atoms with Gasteiger partial charge in [-0.15, -0.1) is 4.40 Å². The third kappa shape index (κ3) is 5.02. The van der Waals surface area contributed by atoms with E-state index in [0.29, 0.717) is 11.3 Å². The Morgan fingerprint density at radius 2 is 1.52 bits per heavy atom. The van der Waals surface area contributed by atoms with E-state index < -0.39 is 15.8 Å². The van der Waals surface area contributed by atoms with Crippen molar-refractivity contribution >= 4 is 37.5 Å². The first-order valence-corrected chi connectivity index (χ1v) is 10.3. The van der Waals surface area contributed by atoms with Crippen molar-refractivity contribution in [3.63, 3.8) is 0 Å². The van der Waals surface area contributed by atoms with Crippen LogP contribution in [0, 0.1) is 12.7 Å². The lowest BCUT2D eigenvalue weighted by atomic mass is 10.2. The maximum atomic E-state index is 13.3. The molecule has 4 nitrogen and oxygen atoms in total. The molecule has 0 saturated heterocycles. The minimum atomic E-state index is -3.94. The molecule has 27 heavy (non-hydrogen) atoms. The molecule has 138 valence electrons. The molecule has 3 aromatic carbocycles. The summed E-state index contributed by atoms with van der Waals surface area (Å²) in [6, 6.07) is 19.1. The molecule has 0 spiro atoms. The first-order valence-electron chi connectivity index (χ1n) is 8.04. The van der Waals surface area contributed by atoms with E-state index in [-0.39, 0.29) is 10.7 Å². The van der Waals surface area contributed by atoms with Crippen molar-refractivity contribution in [1.29, 1.82) is 0 Å². The average Bonchev–Trinajstić information content (AvgIpc) is 2.64. The quantitative estimate of drug-likeness (QED) is 0.445. The highest BCUT2D eigenvalue weighted by Gasteiger charge is 2.16. The van der Waals surface area contributed by atoms with E-state index in [9.17, 15) is 12.8 Å². The molecule has 3 rings (SSSR count). The molecule has 0 aliphatic rings. The molecule has 0 atom stereocenters. The predicted octanol–water partition coefficient (Wildman–Crippen LogP) is 5.14. The van der Waals surface area contributed by atoms with Gasteiger partial charge in [0, 0.05) is 15.7 Å². The zero-order valence-electron chi connectivity index (χ0n) is 14.4. The van der Waals surface area contributed by atoms with Crippen molar-refractivity contribution in [2.24, 2.45) is 4.40 Å². The summed E-state index contributed by atoms with van der Waals surface area (Å²) in [4.78, 5) is 0.0883. The molecular weight excluding hydrogens is 431 g/mol. The van der Waals surface area contributed by atoms with Gasteiger partial charge in [-0.2, -0.15) is 8.42 Å². The van der Waals surface area contributed by atoms with Crippen LogP contribution in [0.1, 0.15) is 11.1 Å². The van der Waals surface area contributed by atoms with Gasteiger partial charge in [-0.25, -0.2) is 4.39 Å². The largest absolute Gasteiger partial charge is 0.339 e. The summed E-state index contributed by atoms with van der Waals surface area (Å²) in [5.74, 6) is -0.305. The highest BCUT2D eigenvalue weighted by atomic mass is 79.9. The molecular formula is C20H16BrFN2O2S. The van der Waals surface area contributed by atoms with Crippen molar-refractivity contribution in [2.45, 2.75) is 11.8 Å². The number of benzene rings is 3. The minimum Gasteiger partial charge on any atom is -0.339 e. The van der Waals surface area contributed by atoms with Gasteiger partial charge in [0.1, 0.15) is 5.82 Å². The second kappa shape index (κ2) is 8.02. The fourth-order valence-electron chi connectivity index (χ4n) is 2.31. The van der Waals surface area contributed by atoms with Crippen LogP contribution in [-0.2, 0) is 10.0 Å². The fourth-order valence-corrected chi connectivity index (χ4v) is 3.55. The lowest BCUT2D eigenvalue weighted by molar-refractivity contribution is 0.598. The molecule has 0 unspecified atom stereocenters. The third-order valence-electron chi connectivity index (χ3n) is 3.75. The van der Waals surface area contributed by atoms with Gasteiger partial charge in [0.05, 0.1) is 4.90 Å². The van der Waals surface area contributed by atoms with Crippen molar-refractivity contribution in [3.05, 3.63) is 94.2 Å². The Labute approximate surface area is 166 Å². The van der Waals surface area contributed by atoms with Gasteiger partial charge in [-0.1, -0.05) is 33.6 Å². The summed E-state index contributed by atoms with van der Waals surface area (Å²) in [5, 5.41) is 3.01.